The zero-order chi connectivity index (χ0) is 15.5. The van der Waals surface area contributed by atoms with Crippen LogP contribution in [0.5, 0.6) is 0 Å². The summed E-state index contributed by atoms with van der Waals surface area (Å²) in [5, 5.41) is 2.71. The van der Waals surface area contributed by atoms with E-state index >= 15 is 0 Å². The highest BCUT2D eigenvalue weighted by molar-refractivity contribution is 7.09. The SMILES string of the molecule is COC(=O)C(CN)(Cc1nc(C)cs1)c1ccc(F)cc1. The van der Waals surface area contributed by atoms with Gasteiger partial charge in [-0.05, 0) is 24.6 Å². The molecule has 0 aliphatic rings. The van der Waals surface area contributed by atoms with Gasteiger partial charge in [-0.1, -0.05) is 12.1 Å². The van der Waals surface area contributed by atoms with Crippen molar-refractivity contribution in [1.82, 2.24) is 4.98 Å². The molecule has 0 saturated carbocycles. The van der Waals surface area contributed by atoms with Gasteiger partial charge in [0.05, 0.1) is 12.1 Å². The Morgan fingerprint density at radius 2 is 2.10 bits per heavy atom. The van der Waals surface area contributed by atoms with Crippen LogP contribution in [0.4, 0.5) is 4.39 Å². The van der Waals surface area contributed by atoms with Gasteiger partial charge in [0.2, 0.25) is 0 Å². The van der Waals surface area contributed by atoms with Gasteiger partial charge in [0.25, 0.3) is 0 Å². The topological polar surface area (TPSA) is 65.2 Å². The van der Waals surface area contributed by atoms with E-state index < -0.39 is 11.4 Å². The van der Waals surface area contributed by atoms with Crippen LogP contribution in [0, 0.1) is 12.7 Å². The van der Waals surface area contributed by atoms with Crippen LogP contribution in [0.15, 0.2) is 29.6 Å². The second-order valence-electron chi connectivity index (χ2n) is 4.84. The lowest BCUT2D eigenvalue weighted by Crippen LogP contribution is -2.45. The van der Waals surface area contributed by atoms with Gasteiger partial charge in [0.15, 0.2) is 0 Å². The number of nitrogens with two attached hydrogens (primary N) is 1. The van der Waals surface area contributed by atoms with Gasteiger partial charge in [-0.2, -0.15) is 0 Å². The number of hydrogen-bond donors (Lipinski definition) is 1. The van der Waals surface area contributed by atoms with Crippen molar-refractivity contribution in [3.05, 3.63) is 51.7 Å². The van der Waals surface area contributed by atoms with Crippen molar-refractivity contribution in [1.29, 1.82) is 0 Å². The van der Waals surface area contributed by atoms with Crippen LogP contribution in [0.1, 0.15) is 16.3 Å². The van der Waals surface area contributed by atoms with E-state index in [-0.39, 0.29) is 12.4 Å². The van der Waals surface area contributed by atoms with E-state index in [1.54, 1.807) is 12.1 Å². The number of nitrogens with zero attached hydrogens (tertiary/aromatic N) is 1. The monoisotopic (exact) mass is 308 g/mol. The lowest BCUT2D eigenvalue weighted by atomic mass is 9.77. The normalized spacial score (nSPS) is 13.7. The molecule has 1 aromatic carbocycles. The number of methoxy groups -OCH3 is 1. The molecule has 1 atom stereocenters. The first kappa shape index (κ1) is 15.6. The summed E-state index contributed by atoms with van der Waals surface area (Å²) in [4.78, 5) is 16.7. The second-order valence-corrected chi connectivity index (χ2v) is 5.79. The number of hydrogen-bond acceptors (Lipinski definition) is 5. The van der Waals surface area contributed by atoms with Crippen molar-refractivity contribution in [2.75, 3.05) is 13.7 Å². The third kappa shape index (κ3) is 3.11. The summed E-state index contributed by atoms with van der Waals surface area (Å²) in [6.07, 6.45) is 0.334. The first-order valence-corrected chi connectivity index (χ1v) is 7.35. The third-order valence-electron chi connectivity index (χ3n) is 3.44. The highest BCUT2D eigenvalue weighted by Crippen LogP contribution is 2.30. The number of benzene rings is 1. The molecule has 0 aliphatic heterocycles. The van der Waals surface area contributed by atoms with Gasteiger partial charge in [0, 0.05) is 24.0 Å². The lowest BCUT2D eigenvalue weighted by molar-refractivity contribution is -0.147. The van der Waals surface area contributed by atoms with Crippen LogP contribution in [0.2, 0.25) is 0 Å². The molecule has 1 aromatic heterocycles. The maximum Gasteiger partial charge on any atom is 0.318 e. The Hall–Kier alpha value is -1.79. The Labute approximate surface area is 126 Å². The van der Waals surface area contributed by atoms with E-state index in [4.69, 9.17) is 10.5 Å². The summed E-state index contributed by atoms with van der Waals surface area (Å²) in [6, 6.07) is 5.77. The Balaban J connectivity index is 2.47. The van der Waals surface area contributed by atoms with Crippen LogP contribution in [-0.2, 0) is 21.4 Å². The predicted molar refractivity (Wildman–Crippen MR) is 79.7 cm³/mol. The number of esters is 1. The molecule has 0 amide bonds. The summed E-state index contributed by atoms with van der Waals surface area (Å²) < 4.78 is 18.1. The van der Waals surface area contributed by atoms with Gasteiger partial charge in [0.1, 0.15) is 11.2 Å². The van der Waals surface area contributed by atoms with E-state index in [2.05, 4.69) is 4.98 Å². The number of halogens is 1. The molecular formula is C15H17FN2O2S. The predicted octanol–water partition coefficient (Wildman–Crippen LogP) is 2.20. The average molecular weight is 308 g/mol. The maximum atomic E-state index is 13.1. The van der Waals surface area contributed by atoms with Gasteiger partial charge < -0.3 is 10.5 Å². The minimum absolute atomic E-state index is 0.0595. The molecule has 21 heavy (non-hydrogen) atoms. The average Bonchev–Trinajstić information content (AvgIpc) is 2.90. The zero-order valence-corrected chi connectivity index (χ0v) is 12.7. The fourth-order valence-electron chi connectivity index (χ4n) is 2.27. The number of rotatable bonds is 5. The van der Waals surface area contributed by atoms with Gasteiger partial charge in [-0.15, -0.1) is 11.3 Å². The molecule has 0 radical (unpaired) electrons. The lowest BCUT2D eigenvalue weighted by Gasteiger charge is -2.29. The molecule has 2 aromatic rings. The smallest absolute Gasteiger partial charge is 0.318 e. The zero-order valence-electron chi connectivity index (χ0n) is 11.9. The first-order chi connectivity index (χ1) is 10.0. The molecular weight excluding hydrogens is 291 g/mol. The Morgan fingerprint density at radius 1 is 1.43 bits per heavy atom. The molecule has 6 heteroatoms. The number of carbonyl (C=O) groups is 1. The van der Waals surface area contributed by atoms with Crippen LogP contribution in [0.3, 0.4) is 0 Å². The van der Waals surface area contributed by atoms with E-state index in [0.717, 1.165) is 10.7 Å². The molecule has 0 spiro atoms. The van der Waals surface area contributed by atoms with Crippen molar-refractivity contribution in [2.24, 2.45) is 5.73 Å². The number of ether oxygens (including phenoxy) is 1. The number of aryl methyl sites for hydroxylation is 1. The molecule has 4 nitrogen and oxygen atoms in total. The molecule has 0 bridgehead atoms. The fourth-order valence-corrected chi connectivity index (χ4v) is 3.16. The Morgan fingerprint density at radius 3 is 2.57 bits per heavy atom. The number of thiazole rings is 1. The third-order valence-corrected chi connectivity index (χ3v) is 4.41. The molecule has 2 N–H and O–H groups in total. The van der Waals surface area contributed by atoms with Crippen molar-refractivity contribution in [3.63, 3.8) is 0 Å². The summed E-state index contributed by atoms with van der Waals surface area (Å²) in [6.45, 7) is 1.95. The highest BCUT2D eigenvalue weighted by atomic mass is 32.1. The molecule has 2 rings (SSSR count). The maximum absolute atomic E-state index is 13.1. The van der Waals surface area contributed by atoms with Crippen LogP contribution in [0.25, 0.3) is 0 Å². The molecule has 0 aliphatic carbocycles. The minimum Gasteiger partial charge on any atom is -0.468 e. The summed E-state index contributed by atoms with van der Waals surface area (Å²) in [5.41, 5.74) is 6.37. The molecule has 1 heterocycles. The van der Waals surface area contributed by atoms with E-state index in [9.17, 15) is 9.18 Å². The van der Waals surface area contributed by atoms with Gasteiger partial charge in [-0.3, -0.25) is 4.79 Å². The summed E-state index contributed by atoms with van der Waals surface area (Å²) in [7, 11) is 1.32. The van der Waals surface area contributed by atoms with Crippen molar-refractivity contribution in [3.8, 4) is 0 Å². The quantitative estimate of drug-likeness (QED) is 0.860. The highest BCUT2D eigenvalue weighted by Gasteiger charge is 2.41. The van der Waals surface area contributed by atoms with Crippen molar-refractivity contribution >= 4 is 17.3 Å². The van der Waals surface area contributed by atoms with Crippen molar-refractivity contribution < 1.29 is 13.9 Å². The Kier molecular flexibility index (Phi) is 4.69. The molecule has 0 saturated heterocycles. The van der Waals surface area contributed by atoms with Crippen molar-refractivity contribution in [2.45, 2.75) is 18.8 Å². The second kappa shape index (κ2) is 6.32. The minimum atomic E-state index is -1.05. The van der Waals surface area contributed by atoms with Gasteiger partial charge >= 0.3 is 5.97 Å². The fraction of sp³-hybridized carbons (Fsp3) is 0.333. The number of carbonyl (C=O) groups excluding carboxylic acids is 1. The van der Waals surface area contributed by atoms with Crippen LogP contribution >= 0.6 is 11.3 Å². The van der Waals surface area contributed by atoms with E-state index in [0.29, 0.717) is 12.0 Å². The Bertz CT molecular complexity index is 627. The van der Waals surface area contributed by atoms with Crippen LogP contribution < -0.4 is 5.73 Å². The van der Waals surface area contributed by atoms with Gasteiger partial charge in [-0.25, -0.2) is 9.37 Å². The largest absolute Gasteiger partial charge is 0.468 e. The molecule has 1 unspecified atom stereocenters. The standard InChI is InChI=1S/C15H17FN2O2S/c1-10-8-21-13(18-10)7-15(9-17,14(19)20-2)11-3-5-12(16)6-4-11/h3-6,8H,7,9,17H2,1-2H3. The van der Waals surface area contributed by atoms with Crippen LogP contribution in [-0.4, -0.2) is 24.6 Å². The first-order valence-electron chi connectivity index (χ1n) is 6.47. The van der Waals surface area contributed by atoms with E-state index in [1.807, 2.05) is 12.3 Å². The summed E-state index contributed by atoms with van der Waals surface area (Å²) in [5.74, 6) is -0.802. The summed E-state index contributed by atoms with van der Waals surface area (Å²) >= 11 is 1.47. The molecule has 0 fully saturated rings. The number of aromatic nitrogens is 1. The molecule has 112 valence electrons. The van der Waals surface area contributed by atoms with E-state index in [1.165, 1.54) is 30.6 Å².